The first-order valence-electron chi connectivity index (χ1n) is 4.20. The number of hydrogen-bond donors (Lipinski definition) is 0. The van der Waals surface area contributed by atoms with Crippen molar-refractivity contribution in [2.45, 2.75) is 33.7 Å². The Labute approximate surface area is 95.2 Å². The van der Waals surface area contributed by atoms with E-state index < -0.39 is 0 Å². The second-order valence-corrected chi connectivity index (χ2v) is 5.24. The third-order valence-electron chi connectivity index (χ3n) is 2.14. The molecule has 1 rings (SSSR count). The molecule has 0 amide bonds. The Kier molecular flexibility index (Phi) is 3.51. The van der Waals surface area contributed by atoms with E-state index in [1.165, 1.54) is 0 Å². The summed E-state index contributed by atoms with van der Waals surface area (Å²) in [5.74, 6) is 0. The Hall–Kier alpha value is 0.1000. The average molecular weight is 311 g/mol. The van der Waals surface area contributed by atoms with Crippen LogP contribution in [0.2, 0.25) is 0 Å². The first-order valence-corrected chi connectivity index (χ1v) is 5.79. The maximum atomic E-state index is 4.22. The second kappa shape index (κ2) is 4.09. The molecule has 0 aromatic carbocycles. The van der Waals surface area contributed by atoms with Gasteiger partial charge in [0.1, 0.15) is 0 Å². The van der Waals surface area contributed by atoms with Gasteiger partial charge < -0.3 is 0 Å². The molecule has 0 aliphatic heterocycles. The van der Waals surface area contributed by atoms with Gasteiger partial charge in [0.25, 0.3) is 0 Å². The van der Waals surface area contributed by atoms with Crippen molar-refractivity contribution in [3.63, 3.8) is 0 Å². The molecule has 0 saturated heterocycles. The van der Waals surface area contributed by atoms with Crippen molar-refractivity contribution in [3.05, 3.63) is 9.47 Å². The highest BCUT2D eigenvalue weighted by molar-refractivity contribution is 9.11. The molecule has 0 atom stereocenters. The highest BCUT2D eigenvalue weighted by atomic mass is 79.9. The molecule has 0 bridgehead atoms. The molecule has 13 heavy (non-hydrogen) atoms. The van der Waals surface area contributed by atoms with Crippen LogP contribution in [0, 0.1) is 5.41 Å². The fourth-order valence-electron chi connectivity index (χ4n) is 0.915. The standard InChI is InChI=1S/C8H13Br2N3/c1-4-8(2,3)5-13-7(10)11-6(9)12-13/h4-5H2,1-3H3. The highest BCUT2D eigenvalue weighted by Crippen LogP contribution is 2.24. The van der Waals surface area contributed by atoms with E-state index in [1.54, 1.807) is 0 Å². The van der Waals surface area contributed by atoms with Gasteiger partial charge in [0.2, 0.25) is 4.73 Å². The van der Waals surface area contributed by atoms with Gasteiger partial charge >= 0.3 is 0 Å². The van der Waals surface area contributed by atoms with E-state index >= 15 is 0 Å². The molecule has 0 aliphatic rings. The minimum Gasteiger partial charge on any atom is -0.239 e. The fourth-order valence-corrected chi connectivity index (χ4v) is 1.88. The molecular weight excluding hydrogens is 298 g/mol. The molecule has 0 aliphatic carbocycles. The quantitative estimate of drug-likeness (QED) is 0.858. The molecule has 5 heteroatoms. The van der Waals surface area contributed by atoms with Crippen LogP contribution in [0.5, 0.6) is 0 Å². The van der Waals surface area contributed by atoms with Crippen LogP contribution in [-0.2, 0) is 6.54 Å². The third-order valence-corrected chi connectivity index (χ3v) is 3.06. The lowest BCUT2D eigenvalue weighted by molar-refractivity contribution is 0.277. The molecule has 1 heterocycles. The predicted molar refractivity (Wildman–Crippen MR) is 59.5 cm³/mol. The van der Waals surface area contributed by atoms with Gasteiger partial charge in [-0.1, -0.05) is 20.8 Å². The summed E-state index contributed by atoms with van der Waals surface area (Å²) >= 11 is 6.60. The third kappa shape index (κ3) is 3.06. The molecule has 0 N–H and O–H groups in total. The zero-order valence-electron chi connectivity index (χ0n) is 8.01. The van der Waals surface area contributed by atoms with Gasteiger partial charge in [-0.2, -0.15) is 4.98 Å². The summed E-state index contributed by atoms with van der Waals surface area (Å²) in [4.78, 5) is 4.11. The highest BCUT2D eigenvalue weighted by Gasteiger charge is 2.18. The van der Waals surface area contributed by atoms with Crippen LogP contribution in [-0.4, -0.2) is 14.8 Å². The Balaban J connectivity index is 2.79. The smallest absolute Gasteiger partial charge is 0.218 e. The van der Waals surface area contributed by atoms with Crippen LogP contribution in [0.4, 0.5) is 0 Å². The van der Waals surface area contributed by atoms with E-state index in [1.807, 2.05) is 4.68 Å². The lowest BCUT2D eigenvalue weighted by atomic mass is 9.90. The first-order chi connectivity index (χ1) is 5.94. The number of halogens is 2. The molecule has 0 saturated carbocycles. The monoisotopic (exact) mass is 309 g/mol. The Morgan fingerprint density at radius 2 is 2.00 bits per heavy atom. The molecule has 0 fully saturated rings. The van der Waals surface area contributed by atoms with E-state index in [2.05, 4.69) is 62.7 Å². The molecular formula is C8H13Br2N3. The second-order valence-electron chi connectivity index (χ2n) is 3.83. The Morgan fingerprint density at radius 3 is 2.38 bits per heavy atom. The van der Waals surface area contributed by atoms with Crippen LogP contribution < -0.4 is 0 Å². The van der Waals surface area contributed by atoms with E-state index in [0.717, 1.165) is 17.7 Å². The minimum atomic E-state index is 0.260. The average Bonchev–Trinajstić information content (AvgIpc) is 2.30. The summed E-state index contributed by atoms with van der Waals surface area (Å²) in [6, 6.07) is 0. The van der Waals surface area contributed by atoms with E-state index in [4.69, 9.17) is 0 Å². The maximum absolute atomic E-state index is 4.22. The largest absolute Gasteiger partial charge is 0.239 e. The van der Waals surface area contributed by atoms with Crippen LogP contribution in [0.1, 0.15) is 27.2 Å². The Bertz CT molecular complexity index is 294. The summed E-state index contributed by atoms with van der Waals surface area (Å²) in [6.07, 6.45) is 1.12. The first kappa shape index (κ1) is 11.2. The van der Waals surface area contributed by atoms with Gasteiger partial charge in [0, 0.05) is 6.54 Å². The van der Waals surface area contributed by atoms with Gasteiger partial charge in [0.05, 0.1) is 0 Å². The lowest BCUT2D eigenvalue weighted by Gasteiger charge is -2.22. The topological polar surface area (TPSA) is 30.7 Å². The molecule has 1 aromatic heterocycles. The molecule has 1 aromatic rings. The Morgan fingerprint density at radius 1 is 1.38 bits per heavy atom. The minimum absolute atomic E-state index is 0.260. The SMILES string of the molecule is CCC(C)(C)Cn1nc(Br)nc1Br. The lowest BCUT2D eigenvalue weighted by Crippen LogP contribution is -2.19. The molecule has 0 unspecified atom stereocenters. The van der Waals surface area contributed by atoms with Gasteiger partial charge in [-0.05, 0) is 43.7 Å². The van der Waals surface area contributed by atoms with Crippen molar-refractivity contribution in [2.75, 3.05) is 0 Å². The van der Waals surface area contributed by atoms with Crippen molar-refractivity contribution < 1.29 is 0 Å². The fraction of sp³-hybridized carbons (Fsp3) is 0.750. The normalized spacial score (nSPS) is 12.1. The summed E-state index contributed by atoms with van der Waals surface area (Å²) in [5, 5.41) is 4.22. The summed E-state index contributed by atoms with van der Waals surface area (Å²) in [5.41, 5.74) is 0.260. The van der Waals surface area contributed by atoms with Gasteiger partial charge in [-0.15, -0.1) is 5.10 Å². The molecule has 3 nitrogen and oxygen atoms in total. The van der Waals surface area contributed by atoms with E-state index in [9.17, 15) is 0 Å². The zero-order chi connectivity index (χ0) is 10.1. The predicted octanol–water partition coefficient (Wildman–Crippen LogP) is 3.24. The van der Waals surface area contributed by atoms with E-state index in [-0.39, 0.29) is 5.41 Å². The van der Waals surface area contributed by atoms with Crippen LogP contribution in [0.25, 0.3) is 0 Å². The van der Waals surface area contributed by atoms with Gasteiger partial charge in [-0.25, -0.2) is 4.68 Å². The van der Waals surface area contributed by atoms with Gasteiger partial charge in [0.15, 0.2) is 4.73 Å². The number of rotatable bonds is 3. The van der Waals surface area contributed by atoms with Crippen molar-refractivity contribution >= 4 is 31.9 Å². The van der Waals surface area contributed by atoms with Crippen molar-refractivity contribution in [1.29, 1.82) is 0 Å². The van der Waals surface area contributed by atoms with E-state index in [0.29, 0.717) is 4.73 Å². The summed E-state index contributed by atoms with van der Waals surface area (Å²) in [6.45, 7) is 7.49. The molecule has 0 spiro atoms. The van der Waals surface area contributed by atoms with Crippen LogP contribution >= 0.6 is 31.9 Å². The number of hydrogen-bond acceptors (Lipinski definition) is 2. The maximum Gasteiger partial charge on any atom is 0.218 e. The molecule has 74 valence electrons. The van der Waals surface area contributed by atoms with Gasteiger partial charge in [-0.3, -0.25) is 0 Å². The summed E-state index contributed by atoms with van der Waals surface area (Å²) in [7, 11) is 0. The van der Waals surface area contributed by atoms with Crippen molar-refractivity contribution in [3.8, 4) is 0 Å². The van der Waals surface area contributed by atoms with Crippen molar-refractivity contribution in [2.24, 2.45) is 5.41 Å². The van der Waals surface area contributed by atoms with Crippen molar-refractivity contribution in [1.82, 2.24) is 14.8 Å². The molecule has 0 radical (unpaired) electrons. The summed E-state index contributed by atoms with van der Waals surface area (Å²) < 4.78 is 3.28. The number of nitrogens with zero attached hydrogens (tertiary/aromatic N) is 3. The zero-order valence-corrected chi connectivity index (χ0v) is 11.2. The van der Waals surface area contributed by atoms with Crippen LogP contribution in [0.15, 0.2) is 9.47 Å². The number of aromatic nitrogens is 3. The van der Waals surface area contributed by atoms with Crippen LogP contribution in [0.3, 0.4) is 0 Å².